The Kier molecular flexibility index (Phi) is 3.39. The van der Waals surface area contributed by atoms with Crippen LogP contribution in [0.25, 0.3) is 0 Å². The summed E-state index contributed by atoms with van der Waals surface area (Å²) >= 11 is 5.95. The third-order valence-electron chi connectivity index (χ3n) is 2.95. The molecule has 1 atom stereocenters. The Balaban J connectivity index is 2.31. The third-order valence-corrected chi connectivity index (χ3v) is 3.28. The molecule has 1 heterocycles. The van der Waals surface area contributed by atoms with Gasteiger partial charge in [-0.2, -0.15) is 0 Å². The minimum Gasteiger partial charge on any atom is -0.479 e. The number of rotatable bonds is 2. The first-order chi connectivity index (χ1) is 8.52. The van der Waals surface area contributed by atoms with Crippen LogP contribution in [-0.4, -0.2) is 34.5 Å². The number of carboxylic acids is 1. The van der Waals surface area contributed by atoms with Crippen LogP contribution in [0.1, 0.15) is 17.3 Å². The molecule has 94 valence electrons. The fourth-order valence-electron chi connectivity index (χ4n) is 2.02. The lowest BCUT2D eigenvalue weighted by Crippen LogP contribution is -2.42. The van der Waals surface area contributed by atoms with E-state index in [0.29, 0.717) is 22.7 Å². The summed E-state index contributed by atoms with van der Waals surface area (Å²) in [5, 5.41) is 9.48. The summed E-state index contributed by atoms with van der Waals surface area (Å²) in [6.45, 7) is 2.01. The predicted molar refractivity (Wildman–Crippen MR) is 67.7 cm³/mol. The number of nitrogens with zero attached hydrogens (tertiary/aromatic N) is 1. The molecule has 5 heteroatoms. The van der Waals surface area contributed by atoms with Gasteiger partial charge in [-0.15, -0.1) is 0 Å². The molecule has 1 aliphatic rings. The Hall–Kier alpha value is -1.81. The summed E-state index contributed by atoms with van der Waals surface area (Å²) in [5.74, 6) is -1.39. The lowest BCUT2D eigenvalue weighted by molar-refractivity contribution is -0.140. The molecule has 0 aliphatic carbocycles. The first-order valence-electron chi connectivity index (χ1n) is 5.47. The molecule has 0 bridgehead atoms. The second-order valence-corrected chi connectivity index (χ2v) is 4.53. The molecule has 0 aromatic heterocycles. The summed E-state index contributed by atoms with van der Waals surface area (Å²) in [6.07, 6.45) is 1.74. The van der Waals surface area contributed by atoms with Crippen LogP contribution in [0.15, 0.2) is 35.9 Å². The molecule has 18 heavy (non-hydrogen) atoms. The van der Waals surface area contributed by atoms with Crippen molar-refractivity contribution in [3.63, 3.8) is 0 Å². The number of hydrogen-bond donors (Lipinski definition) is 1. The van der Waals surface area contributed by atoms with Crippen molar-refractivity contribution >= 4 is 23.5 Å². The molecule has 1 unspecified atom stereocenters. The van der Waals surface area contributed by atoms with E-state index in [-0.39, 0.29) is 5.91 Å². The van der Waals surface area contributed by atoms with Crippen molar-refractivity contribution in [1.29, 1.82) is 0 Å². The van der Waals surface area contributed by atoms with Crippen molar-refractivity contribution < 1.29 is 14.7 Å². The van der Waals surface area contributed by atoms with E-state index in [1.54, 1.807) is 37.3 Å². The van der Waals surface area contributed by atoms with Crippen LogP contribution in [0.3, 0.4) is 0 Å². The van der Waals surface area contributed by atoms with Gasteiger partial charge < -0.3 is 10.0 Å². The van der Waals surface area contributed by atoms with E-state index in [2.05, 4.69) is 0 Å². The summed E-state index contributed by atoms with van der Waals surface area (Å²) in [4.78, 5) is 24.8. The van der Waals surface area contributed by atoms with E-state index in [4.69, 9.17) is 16.7 Å². The number of hydrogen-bond acceptors (Lipinski definition) is 2. The van der Waals surface area contributed by atoms with E-state index >= 15 is 0 Å². The molecule has 0 fully saturated rings. The summed E-state index contributed by atoms with van der Waals surface area (Å²) < 4.78 is 0. The van der Waals surface area contributed by atoms with Crippen LogP contribution in [0.5, 0.6) is 0 Å². The van der Waals surface area contributed by atoms with Crippen LogP contribution >= 0.6 is 11.6 Å². The molecule has 4 nitrogen and oxygen atoms in total. The molecular formula is C13H12ClNO3. The summed E-state index contributed by atoms with van der Waals surface area (Å²) in [6, 6.07) is 5.73. The number of carbonyl (C=O) groups is 2. The lowest BCUT2D eigenvalue weighted by Gasteiger charge is -2.23. The van der Waals surface area contributed by atoms with Crippen molar-refractivity contribution in [3.8, 4) is 0 Å². The van der Waals surface area contributed by atoms with Gasteiger partial charge in [-0.05, 0) is 24.6 Å². The van der Waals surface area contributed by atoms with Gasteiger partial charge in [-0.25, -0.2) is 4.79 Å². The molecule has 1 amide bonds. The van der Waals surface area contributed by atoms with Crippen LogP contribution < -0.4 is 0 Å². The maximum atomic E-state index is 12.3. The fourth-order valence-corrected chi connectivity index (χ4v) is 2.24. The van der Waals surface area contributed by atoms with E-state index in [1.165, 1.54) is 4.90 Å². The zero-order chi connectivity index (χ0) is 13.3. The van der Waals surface area contributed by atoms with Crippen molar-refractivity contribution in [3.05, 3.63) is 46.5 Å². The number of halogens is 1. The SMILES string of the molecule is CC1=CCN(C(=O)c2ccccc2Cl)C1C(=O)O. The normalized spacial score (nSPS) is 18.7. The van der Waals surface area contributed by atoms with Gasteiger partial charge in [0, 0.05) is 6.54 Å². The molecular weight excluding hydrogens is 254 g/mol. The maximum absolute atomic E-state index is 12.3. The van der Waals surface area contributed by atoms with Crippen LogP contribution in [-0.2, 0) is 4.79 Å². The lowest BCUT2D eigenvalue weighted by atomic mass is 10.1. The maximum Gasteiger partial charge on any atom is 0.330 e. The number of aliphatic carboxylic acids is 1. The second kappa shape index (κ2) is 4.82. The van der Waals surface area contributed by atoms with Gasteiger partial charge in [0.2, 0.25) is 0 Å². The Morgan fingerprint density at radius 2 is 2.06 bits per heavy atom. The molecule has 0 saturated heterocycles. The van der Waals surface area contributed by atoms with E-state index in [1.807, 2.05) is 0 Å². The summed E-state index contributed by atoms with van der Waals surface area (Å²) in [7, 11) is 0. The molecule has 0 radical (unpaired) electrons. The van der Waals surface area contributed by atoms with E-state index < -0.39 is 12.0 Å². The standard InChI is InChI=1S/C13H12ClNO3/c1-8-6-7-15(11(8)13(17)18)12(16)9-4-2-3-5-10(9)14/h2-6,11H,7H2,1H3,(H,17,18). The first kappa shape index (κ1) is 12.6. The number of carboxylic acid groups (broad SMARTS) is 1. The Bertz CT molecular complexity index is 539. The van der Waals surface area contributed by atoms with E-state index in [0.717, 1.165) is 0 Å². The molecule has 0 saturated carbocycles. The van der Waals surface area contributed by atoms with Crippen molar-refractivity contribution in [2.45, 2.75) is 13.0 Å². The van der Waals surface area contributed by atoms with Crippen molar-refractivity contribution in [2.75, 3.05) is 6.54 Å². The largest absolute Gasteiger partial charge is 0.479 e. The smallest absolute Gasteiger partial charge is 0.330 e. The van der Waals surface area contributed by atoms with Crippen molar-refractivity contribution in [2.24, 2.45) is 0 Å². The number of benzene rings is 1. The minimum absolute atomic E-state index is 0.298. The predicted octanol–water partition coefficient (Wildman–Crippen LogP) is 2.20. The third kappa shape index (κ3) is 2.11. The quantitative estimate of drug-likeness (QED) is 0.834. The molecule has 2 rings (SSSR count). The Morgan fingerprint density at radius 1 is 1.39 bits per heavy atom. The molecule has 0 spiro atoms. The van der Waals surface area contributed by atoms with Gasteiger partial charge in [0.15, 0.2) is 6.04 Å². The highest BCUT2D eigenvalue weighted by molar-refractivity contribution is 6.33. The zero-order valence-corrected chi connectivity index (χ0v) is 10.5. The molecule has 1 N–H and O–H groups in total. The van der Waals surface area contributed by atoms with Crippen molar-refractivity contribution in [1.82, 2.24) is 4.90 Å². The highest BCUT2D eigenvalue weighted by Gasteiger charge is 2.35. The van der Waals surface area contributed by atoms with E-state index in [9.17, 15) is 9.59 Å². The van der Waals surface area contributed by atoms with Crippen LogP contribution in [0.2, 0.25) is 5.02 Å². The fraction of sp³-hybridized carbons (Fsp3) is 0.231. The van der Waals surface area contributed by atoms with Crippen LogP contribution in [0.4, 0.5) is 0 Å². The average molecular weight is 266 g/mol. The van der Waals surface area contributed by atoms with Crippen LogP contribution in [0, 0.1) is 0 Å². The molecule has 1 aromatic rings. The van der Waals surface area contributed by atoms with Gasteiger partial charge in [-0.3, -0.25) is 4.79 Å². The summed E-state index contributed by atoms with van der Waals surface area (Å²) in [5.41, 5.74) is 0.997. The molecule has 1 aliphatic heterocycles. The Labute approximate surface area is 109 Å². The topological polar surface area (TPSA) is 57.6 Å². The zero-order valence-electron chi connectivity index (χ0n) is 9.76. The monoisotopic (exact) mass is 265 g/mol. The highest BCUT2D eigenvalue weighted by Crippen LogP contribution is 2.24. The Morgan fingerprint density at radius 3 is 2.67 bits per heavy atom. The van der Waals surface area contributed by atoms with Gasteiger partial charge in [-0.1, -0.05) is 29.8 Å². The highest BCUT2D eigenvalue weighted by atomic mass is 35.5. The minimum atomic E-state index is -1.03. The second-order valence-electron chi connectivity index (χ2n) is 4.13. The van der Waals surface area contributed by atoms with Gasteiger partial charge in [0.05, 0.1) is 10.6 Å². The average Bonchev–Trinajstić information content (AvgIpc) is 2.71. The molecule has 1 aromatic carbocycles. The number of amides is 1. The van der Waals surface area contributed by atoms with Gasteiger partial charge >= 0.3 is 5.97 Å². The number of carbonyl (C=O) groups excluding carboxylic acids is 1. The first-order valence-corrected chi connectivity index (χ1v) is 5.85. The van der Waals surface area contributed by atoms with Gasteiger partial charge in [0.25, 0.3) is 5.91 Å². The van der Waals surface area contributed by atoms with Gasteiger partial charge in [0.1, 0.15) is 0 Å².